The van der Waals surface area contributed by atoms with Crippen molar-refractivity contribution in [3.63, 3.8) is 0 Å². The molecule has 0 saturated heterocycles. The van der Waals surface area contributed by atoms with Crippen molar-refractivity contribution in [2.75, 3.05) is 18.0 Å². The molecule has 2 rings (SSSR count). The summed E-state index contributed by atoms with van der Waals surface area (Å²) in [7, 11) is 0. The highest BCUT2D eigenvalue weighted by Gasteiger charge is 2.22. The number of aryl methyl sites for hydroxylation is 1. The normalized spacial score (nSPS) is 13.8. The molecule has 0 spiro atoms. The minimum absolute atomic E-state index is 0. The van der Waals surface area contributed by atoms with Crippen LogP contribution in [0, 0.1) is 5.82 Å². The van der Waals surface area contributed by atoms with Gasteiger partial charge in [0.15, 0.2) is 0 Å². The molecule has 0 radical (unpaired) electrons. The molecule has 0 saturated carbocycles. The third-order valence-electron chi connectivity index (χ3n) is 3.06. The highest BCUT2D eigenvalue weighted by atomic mass is 35.5. The van der Waals surface area contributed by atoms with Crippen LogP contribution in [-0.2, 0) is 11.2 Å². The number of nitrogens with zero attached hydrogens (tertiary/aromatic N) is 1. The molecule has 3 nitrogen and oxygen atoms in total. The Labute approximate surface area is 113 Å². The lowest BCUT2D eigenvalue weighted by Crippen LogP contribution is -2.35. The smallest absolute Gasteiger partial charge is 0.227 e. The van der Waals surface area contributed by atoms with E-state index in [4.69, 9.17) is 5.73 Å². The lowest BCUT2D eigenvalue weighted by molar-refractivity contribution is -0.118. The number of hydrogen-bond donors (Lipinski definition) is 1. The molecule has 0 atom stereocenters. The number of benzene rings is 1. The Morgan fingerprint density at radius 2 is 2.22 bits per heavy atom. The van der Waals surface area contributed by atoms with E-state index in [-0.39, 0.29) is 24.1 Å². The summed E-state index contributed by atoms with van der Waals surface area (Å²) in [5.41, 5.74) is 7.19. The zero-order chi connectivity index (χ0) is 12.3. The van der Waals surface area contributed by atoms with Gasteiger partial charge >= 0.3 is 0 Å². The molecule has 0 aromatic heterocycles. The van der Waals surface area contributed by atoms with Gasteiger partial charge in [0.25, 0.3) is 0 Å². The van der Waals surface area contributed by atoms with Crippen molar-refractivity contribution in [1.29, 1.82) is 0 Å². The summed E-state index contributed by atoms with van der Waals surface area (Å²) < 4.78 is 13.1. The number of anilines is 1. The molecule has 1 aliphatic rings. The summed E-state index contributed by atoms with van der Waals surface area (Å²) in [6, 6.07) is 4.63. The lowest BCUT2D eigenvalue weighted by atomic mass is 10.0. The van der Waals surface area contributed by atoms with E-state index in [1.165, 1.54) is 12.1 Å². The number of hydrogen-bond acceptors (Lipinski definition) is 2. The van der Waals surface area contributed by atoms with E-state index in [0.29, 0.717) is 19.4 Å². The molecular weight excluding hydrogens is 255 g/mol. The van der Waals surface area contributed by atoms with Crippen molar-refractivity contribution in [3.8, 4) is 0 Å². The minimum atomic E-state index is -0.236. The predicted molar refractivity (Wildman–Crippen MR) is 72.6 cm³/mol. The average Bonchev–Trinajstić information content (AvgIpc) is 2.34. The Morgan fingerprint density at radius 3 is 2.94 bits per heavy atom. The van der Waals surface area contributed by atoms with Gasteiger partial charge < -0.3 is 10.6 Å². The first-order valence-corrected chi connectivity index (χ1v) is 6.01. The van der Waals surface area contributed by atoms with Crippen molar-refractivity contribution >= 4 is 24.0 Å². The van der Waals surface area contributed by atoms with Gasteiger partial charge in [0.1, 0.15) is 5.82 Å². The fraction of sp³-hybridized carbons (Fsp3) is 0.462. The SMILES string of the molecule is Cl.NCCCC(=O)N1CCCc2cc(F)ccc21. The number of amides is 1. The molecule has 0 bridgehead atoms. The van der Waals surface area contributed by atoms with Crippen LogP contribution in [0.4, 0.5) is 10.1 Å². The molecule has 0 fully saturated rings. The Bertz CT molecular complexity index is 425. The van der Waals surface area contributed by atoms with Crippen molar-refractivity contribution in [2.45, 2.75) is 25.7 Å². The molecular formula is C13H18ClFN2O. The first-order valence-electron chi connectivity index (χ1n) is 6.01. The molecule has 2 N–H and O–H groups in total. The molecule has 1 amide bonds. The zero-order valence-electron chi connectivity index (χ0n) is 10.2. The number of carbonyl (C=O) groups is 1. The number of rotatable bonds is 3. The summed E-state index contributed by atoms with van der Waals surface area (Å²) in [6.07, 6.45) is 2.90. The van der Waals surface area contributed by atoms with Crippen LogP contribution in [0.1, 0.15) is 24.8 Å². The number of nitrogens with two attached hydrogens (primary N) is 1. The maximum atomic E-state index is 13.1. The predicted octanol–water partition coefficient (Wildman–Crippen LogP) is 2.27. The van der Waals surface area contributed by atoms with Crippen LogP contribution in [0.25, 0.3) is 0 Å². The first kappa shape index (κ1) is 14.9. The topological polar surface area (TPSA) is 46.3 Å². The number of carbonyl (C=O) groups excluding carboxylic acids is 1. The van der Waals surface area contributed by atoms with Crippen molar-refractivity contribution < 1.29 is 9.18 Å². The van der Waals surface area contributed by atoms with Gasteiger partial charge in [-0.05, 0) is 49.6 Å². The number of halogens is 2. The fourth-order valence-electron chi connectivity index (χ4n) is 2.21. The molecule has 100 valence electrons. The molecule has 18 heavy (non-hydrogen) atoms. The van der Waals surface area contributed by atoms with Gasteiger partial charge in [0.05, 0.1) is 0 Å². The molecule has 0 unspecified atom stereocenters. The quantitative estimate of drug-likeness (QED) is 0.917. The van der Waals surface area contributed by atoms with E-state index in [0.717, 1.165) is 30.6 Å². The van der Waals surface area contributed by atoms with Gasteiger partial charge in [0.2, 0.25) is 5.91 Å². The summed E-state index contributed by atoms with van der Waals surface area (Å²) in [4.78, 5) is 13.7. The molecule has 1 heterocycles. The van der Waals surface area contributed by atoms with E-state index in [9.17, 15) is 9.18 Å². The van der Waals surface area contributed by atoms with E-state index in [1.807, 2.05) is 0 Å². The minimum Gasteiger partial charge on any atom is -0.330 e. The first-order chi connectivity index (χ1) is 8.22. The third-order valence-corrected chi connectivity index (χ3v) is 3.06. The van der Waals surface area contributed by atoms with Crippen molar-refractivity contribution in [3.05, 3.63) is 29.6 Å². The van der Waals surface area contributed by atoms with Gasteiger partial charge in [-0.15, -0.1) is 12.4 Å². The third kappa shape index (κ3) is 3.21. The second kappa shape index (κ2) is 6.71. The number of fused-ring (bicyclic) bond motifs is 1. The lowest BCUT2D eigenvalue weighted by Gasteiger charge is -2.29. The maximum absolute atomic E-state index is 13.1. The second-order valence-corrected chi connectivity index (χ2v) is 4.31. The van der Waals surface area contributed by atoms with E-state index < -0.39 is 0 Å². The van der Waals surface area contributed by atoms with Crippen LogP contribution in [0.15, 0.2) is 18.2 Å². The molecule has 1 aromatic carbocycles. The van der Waals surface area contributed by atoms with E-state index in [1.54, 1.807) is 11.0 Å². The van der Waals surface area contributed by atoms with Gasteiger partial charge in [-0.2, -0.15) is 0 Å². The average molecular weight is 273 g/mol. The molecule has 1 aromatic rings. The van der Waals surface area contributed by atoms with Crippen molar-refractivity contribution in [2.24, 2.45) is 5.73 Å². The maximum Gasteiger partial charge on any atom is 0.227 e. The van der Waals surface area contributed by atoms with Crippen LogP contribution in [0.3, 0.4) is 0 Å². The molecule has 0 aliphatic carbocycles. The van der Waals surface area contributed by atoms with Crippen LogP contribution in [0.2, 0.25) is 0 Å². The van der Waals surface area contributed by atoms with E-state index in [2.05, 4.69) is 0 Å². The Hall–Kier alpha value is -1.13. The Kier molecular flexibility index (Phi) is 5.56. The zero-order valence-corrected chi connectivity index (χ0v) is 11.0. The highest BCUT2D eigenvalue weighted by Crippen LogP contribution is 2.28. The van der Waals surface area contributed by atoms with Crippen molar-refractivity contribution in [1.82, 2.24) is 0 Å². The summed E-state index contributed by atoms with van der Waals surface area (Å²) >= 11 is 0. The van der Waals surface area contributed by atoms with Gasteiger partial charge in [0, 0.05) is 18.7 Å². The summed E-state index contributed by atoms with van der Waals surface area (Å²) in [5, 5.41) is 0. The van der Waals surface area contributed by atoms with Gasteiger partial charge in [-0.1, -0.05) is 0 Å². The Morgan fingerprint density at radius 1 is 1.44 bits per heavy atom. The summed E-state index contributed by atoms with van der Waals surface area (Å²) in [6.45, 7) is 1.25. The monoisotopic (exact) mass is 272 g/mol. The van der Waals surface area contributed by atoms with E-state index >= 15 is 0 Å². The summed E-state index contributed by atoms with van der Waals surface area (Å²) in [5.74, 6) is -0.150. The molecule has 1 aliphatic heterocycles. The molecule has 5 heteroatoms. The largest absolute Gasteiger partial charge is 0.330 e. The second-order valence-electron chi connectivity index (χ2n) is 4.31. The van der Waals surface area contributed by atoms with Gasteiger partial charge in [-0.3, -0.25) is 4.79 Å². The fourth-order valence-corrected chi connectivity index (χ4v) is 2.21. The van der Waals surface area contributed by atoms with Gasteiger partial charge in [-0.25, -0.2) is 4.39 Å². The van der Waals surface area contributed by atoms with Crippen LogP contribution in [-0.4, -0.2) is 19.0 Å². The van der Waals surface area contributed by atoms with Crippen LogP contribution >= 0.6 is 12.4 Å². The van der Waals surface area contributed by atoms with Crippen LogP contribution in [0.5, 0.6) is 0 Å². The highest BCUT2D eigenvalue weighted by molar-refractivity contribution is 5.94. The standard InChI is InChI=1S/C13H17FN2O.ClH/c14-11-5-6-12-10(9-11)3-2-8-16(12)13(17)4-1-7-15;/h5-6,9H,1-4,7-8,15H2;1H. The van der Waals surface area contributed by atoms with Crippen LogP contribution < -0.4 is 10.6 Å². The Balaban J connectivity index is 0.00000162.